The van der Waals surface area contributed by atoms with E-state index in [9.17, 15) is 24.0 Å². The molecule has 0 saturated carbocycles. The molecule has 11 heteroatoms. The zero-order valence-electron chi connectivity index (χ0n) is 32.4. The summed E-state index contributed by atoms with van der Waals surface area (Å²) in [6, 6.07) is 18.1. The second-order valence-corrected chi connectivity index (χ2v) is 20.4. The molecule has 0 aliphatic carbocycles. The number of rotatable bonds is 13. The highest BCUT2D eigenvalue weighted by Gasteiger charge is 2.51. The fourth-order valence-corrected chi connectivity index (χ4v) is 12.2. The molecule has 0 unspecified atom stereocenters. The Morgan fingerprint density at radius 3 is 2.04 bits per heavy atom. The predicted molar refractivity (Wildman–Crippen MR) is 207 cm³/mol. The normalized spacial score (nSPS) is 23.9. The van der Waals surface area contributed by atoms with E-state index in [0.717, 1.165) is 10.4 Å². The summed E-state index contributed by atoms with van der Waals surface area (Å²) in [5.41, 5.74) is -1.27. The van der Waals surface area contributed by atoms with E-state index in [2.05, 4.69) is 61.0 Å². The van der Waals surface area contributed by atoms with Crippen LogP contribution in [0.1, 0.15) is 107 Å². The smallest absolute Gasteiger partial charge is 0.262 e. The third-order valence-electron chi connectivity index (χ3n) is 10.9. The van der Waals surface area contributed by atoms with Crippen molar-refractivity contribution in [2.75, 3.05) is 6.54 Å². The first-order chi connectivity index (χ1) is 24.6. The second-order valence-electron chi connectivity index (χ2n) is 16.1. The fraction of sp³-hybridized carbons (Fsp3) is 0.585. The van der Waals surface area contributed by atoms with Gasteiger partial charge in [-0.2, -0.15) is 0 Å². The van der Waals surface area contributed by atoms with Gasteiger partial charge in [-0.3, -0.25) is 24.0 Å². The number of carbonyl (C=O) groups excluding carboxylic acids is 5. The van der Waals surface area contributed by atoms with Crippen LogP contribution in [0.15, 0.2) is 60.7 Å². The molecule has 5 atom stereocenters. The summed E-state index contributed by atoms with van der Waals surface area (Å²) < 4.78 is 7.01. The van der Waals surface area contributed by atoms with Crippen LogP contribution in [0.4, 0.5) is 0 Å². The molecule has 10 nitrogen and oxygen atoms in total. The van der Waals surface area contributed by atoms with Gasteiger partial charge in [0.1, 0.15) is 29.8 Å². The van der Waals surface area contributed by atoms with Crippen LogP contribution in [0.25, 0.3) is 0 Å². The van der Waals surface area contributed by atoms with E-state index in [1.54, 1.807) is 18.7 Å². The van der Waals surface area contributed by atoms with Gasteiger partial charge in [-0.05, 0) is 67.3 Å². The standard InChI is InChI=1S/C41H60N4O6Si/c1-9-41(8)39(50)43-35(28(2)3)38(49)45-27-19-25-33(45)37(48)42-32(36(47)44-41)24-17-12-18-26-34(46)29(4)51-52(40(5,6)7,30-20-13-10-14-21-30)31-22-15-11-16-23-31/h10-11,13-16,20-23,28-29,32-33,35H,9,12,17-19,24-27H2,1-8H3,(H,42,48)(H,43,50)(H,44,47)/t29-,32+,33-,35+,41+/m1/s1. The van der Waals surface area contributed by atoms with Gasteiger partial charge in [0.2, 0.25) is 23.6 Å². The number of unbranched alkanes of at least 4 members (excludes halogenated alkanes) is 2. The van der Waals surface area contributed by atoms with E-state index >= 15 is 0 Å². The lowest BCUT2D eigenvalue weighted by Gasteiger charge is -2.44. The highest BCUT2D eigenvalue weighted by Crippen LogP contribution is 2.37. The summed E-state index contributed by atoms with van der Waals surface area (Å²) in [5.74, 6) is -1.67. The molecule has 2 fully saturated rings. The van der Waals surface area contributed by atoms with Crippen LogP contribution in [0.5, 0.6) is 0 Å². The largest absolute Gasteiger partial charge is 0.398 e. The maximum Gasteiger partial charge on any atom is 0.262 e. The topological polar surface area (TPSA) is 134 Å². The molecule has 4 amide bonds. The maximum atomic E-state index is 13.7. The number of benzene rings is 2. The van der Waals surface area contributed by atoms with Crippen LogP contribution in [0.3, 0.4) is 0 Å². The average Bonchev–Trinajstić information content (AvgIpc) is 3.61. The number of hydrogen-bond acceptors (Lipinski definition) is 6. The van der Waals surface area contributed by atoms with E-state index in [1.165, 1.54) is 0 Å². The zero-order valence-corrected chi connectivity index (χ0v) is 33.4. The van der Waals surface area contributed by atoms with Gasteiger partial charge >= 0.3 is 0 Å². The molecule has 4 rings (SSSR count). The van der Waals surface area contributed by atoms with Gasteiger partial charge < -0.3 is 25.3 Å². The quantitative estimate of drug-likeness (QED) is 0.207. The monoisotopic (exact) mass is 732 g/mol. The first-order valence-electron chi connectivity index (χ1n) is 19.1. The van der Waals surface area contributed by atoms with Gasteiger partial charge in [-0.15, -0.1) is 0 Å². The number of nitrogens with zero attached hydrogens (tertiary/aromatic N) is 1. The Morgan fingerprint density at radius 2 is 1.50 bits per heavy atom. The van der Waals surface area contributed by atoms with Crippen LogP contribution in [-0.4, -0.2) is 78.9 Å². The van der Waals surface area contributed by atoms with E-state index in [1.807, 2.05) is 57.2 Å². The lowest BCUT2D eigenvalue weighted by atomic mass is 9.93. The van der Waals surface area contributed by atoms with Gasteiger partial charge in [0.25, 0.3) is 8.32 Å². The molecule has 0 radical (unpaired) electrons. The first-order valence-corrected chi connectivity index (χ1v) is 21.0. The lowest BCUT2D eigenvalue weighted by molar-refractivity contribution is -0.145. The number of nitrogens with one attached hydrogen (secondary N) is 3. The van der Waals surface area contributed by atoms with Gasteiger partial charge in [0, 0.05) is 13.0 Å². The highest BCUT2D eigenvalue weighted by atomic mass is 28.4. The fourth-order valence-electron chi connectivity index (χ4n) is 7.55. The minimum absolute atomic E-state index is 0.0282. The van der Waals surface area contributed by atoms with Gasteiger partial charge in [0.05, 0.1) is 0 Å². The molecule has 0 aromatic heterocycles. The molecule has 284 valence electrons. The first kappa shape index (κ1) is 40.9. The Labute approximate surface area is 311 Å². The number of fused-ring (bicyclic) bond motifs is 1. The van der Waals surface area contributed by atoms with Crippen molar-refractivity contribution in [1.29, 1.82) is 0 Å². The van der Waals surface area contributed by atoms with Crippen molar-refractivity contribution in [3.05, 3.63) is 60.7 Å². The minimum Gasteiger partial charge on any atom is -0.398 e. The van der Waals surface area contributed by atoms with Crippen molar-refractivity contribution in [3.63, 3.8) is 0 Å². The van der Waals surface area contributed by atoms with Crippen molar-refractivity contribution in [2.45, 2.75) is 142 Å². The van der Waals surface area contributed by atoms with E-state index in [4.69, 9.17) is 4.43 Å². The van der Waals surface area contributed by atoms with Crippen LogP contribution in [0, 0.1) is 5.92 Å². The van der Waals surface area contributed by atoms with E-state index < -0.39 is 49.9 Å². The molecule has 2 aromatic rings. The third-order valence-corrected chi connectivity index (χ3v) is 16.1. The molecule has 0 spiro atoms. The van der Waals surface area contributed by atoms with Crippen LogP contribution in [0.2, 0.25) is 5.04 Å². The summed E-state index contributed by atoms with van der Waals surface area (Å²) in [6.45, 7) is 16.0. The number of carbonyl (C=O) groups is 5. The lowest BCUT2D eigenvalue weighted by Crippen LogP contribution is -2.68. The SMILES string of the molecule is CC[C@]1(C)NC(=O)[C@H](CCCCCC(=O)[C@@H](C)O[Si](c2ccccc2)(c2ccccc2)C(C)(C)C)NC(=O)[C@H]2CCCN2C(=O)[C@H](C(C)C)NC1=O. The summed E-state index contributed by atoms with van der Waals surface area (Å²) in [6.07, 6.45) is 3.34. The molecular formula is C41H60N4O6Si. The van der Waals surface area contributed by atoms with Crippen LogP contribution in [-0.2, 0) is 28.4 Å². The number of amides is 4. The molecule has 2 heterocycles. The van der Waals surface area contributed by atoms with Crippen molar-refractivity contribution in [2.24, 2.45) is 5.92 Å². The third kappa shape index (κ3) is 9.02. The van der Waals surface area contributed by atoms with Crippen molar-refractivity contribution < 1.29 is 28.4 Å². The van der Waals surface area contributed by atoms with Gasteiger partial charge in [-0.25, -0.2) is 0 Å². The Kier molecular flexibility index (Phi) is 13.6. The van der Waals surface area contributed by atoms with Gasteiger partial charge in [-0.1, -0.05) is 115 Å². The van der Waals surface area contributed by atoms with Crippen molar-refractivity contribution in [1.82, 2.24) is 20.9 Å². The summed E-state index contributed by atoms with van der Waals surface area (Å²) in [7, 11) is -2.89. The number of hydrogen-bond donors (Lipinski definition) is 3. The molecular weight excluding hydrogens is 673 g/mol. The predicted octanol–water partition coefficient (Wildman–Crippen LogP) is 4.39. The summed E-state index contributed by atoms with van der Waals surface area (Å²) in [5, 5.41) is 10.7. The Hall–Kier alpha value is -3.83. The Balaban J connectivity index is 1.43. The van der Waals surface area contributed by atoms with Crippen molar-refractivity contribution in [3.8, 4) is 0 Å². The molecule has 2 aliphatic heterocycles. The van der Waals surface area contributed by atoms with Crippen molar-refractivity contribution >= 4 is 48.1 Å². The summed E-state index contributed by atoms with van der Waals surface area (Å²) >= 11 is 0. The molecule has 3 N–H and O–H groups in total. The average molecular weight is 733 g/mol. The Morgan fingerprint density at radius 1 is 0.904 bits per heavy atom. The molecule has 52 heavy (non-hydrogen) atoms. The molecule has 2 aromatic carbocycles. The van der Waals surface area contributed by atoms with Crippen LogP contribution < -0.4 is 26.3 Å². The Bertz CT molecular complexity index is 1520. The van der Waals surface area contributed by atoms with E-state index in [-0.39, 0.29) is 28.6 Å². The van der Waals surface area contributed by atoms with E-state index in [0.29, 0.717) is 57.9 Å². The minimum atomic E-state index is -2.89. The van der Waals surface area contributed by atoms with Crippen LogP contribution >= 0.6 is 0 Å². The summed E-state index contributed by atoms with van der Waals surface area (Å²) in [4.78, 5) is 69.7. The maximum absolute atomic E-state index is 13.7. The second kappa shape index (κ2) is 17.3. The van der Waals surface area contributed by atoms with Gasteiger partial charge in [0.15, 0.2) is 5.78 Å². The number of ketones is 1. The molecule has 0 bridgehead atoms. The molecule has 2 aliphatic rings. The zero-order chi connectivity index (χ0) is 38.3. The highest BCUT2D eigenvalue weighted by molar-refractivity contribution is 6.99. The number of Topliss-reactive ketones (excluding diaryl/α,β-unsaturated/α-hetero) is 1. The molecule has 2 saturated heterocycles.